The lowest BCUT2D eigenvalue weighted by Gasteiger charge is -2.35. The van der Waals surface area contributed by atoms with Crippen LogP contribution in [0.1, 0.15) is 28.7 Å². The zero-order valence-corrected chi connectivity index (χ0v) is 15.4. The third-order valence-electron chi connectivity index (χ3n) is 5.33. The molecule has 6 nitrogen and oxygen atoms in total. The molecule has 0 bridgehead atoms. The van der Waals surface area contributed by atoms with E-state index in [0.29, 0.717) is 0 Å². The first-order valence-corrected chi connectivity index (χ1v) is 9.41. The first kappa shape index (κ1) is 16.8. The van der Waals surface area contributed by atoms with Gasteiger partial charge in [-0.05, 0) is 42.0 Å². The van der Waals surface area contributed by atoms with Crippen molar-refractivity contribution in [3.8, 4) is 11.4 Å². The summed E-state index contributed by atoms with van der Waals surface area (Å²) in [7, 11) is 0. The van der Waals surface area contributed by atoms with Crippen molar-refractivity contribution < 1.29 is 5.11 Å². The molecule has 2 N–H and O–H groups in total. The Bertz CT molecular complexity index is 1090. The van der Waals surface area contributed by atoms with Crippen LogP contribution in [0.2, 0.25) is 0 Å². The van der Waals surface area contributed by atoms with Gasteiger partial charge in [0.1, 0.15) is 5.75 Å². The van der Waals surface area contributed by atoms with Gasteiger partial charge in [0, 0.05) is 43.3 Å². The van der Waals surface area contributed by atoms with Gasteiger partial charge in [0.2, 0.25) is 0 Å². The third-order valence-corrected chi connectivity index (χ3v) is 5.33. The van der Waals surface area contributed by atoms with Crippen LogP contribution in [-0.4, -0.2) is 36.1 Å². The number of imidazole rings is 1. The van der Waals surface area contributed by atoms with Gasteiger partial charge in [0.25, 0.3) is 0 Å². The number of H-pyrrole nitrogens is 1. The summed E-state index contributed by atoms with van der Waals surface area (Å²) in [4.78, 5) is 14.5. The van der Waals surface area contributed by atoms with Gasteiger partial charge in [-0.15, -0.1) is 0 Å². The zero-order chi connectivity index (χ0) is 18.9. The predicted octanol–water partition coefficient (Wildman–Crippen LogP) is 3.45. The second kappa shape index (κ2) is 6.98. The second-order valence-electron chi connectivity index (χ2n) is 7.07. The fraction of sp³-hybridized carbons (Fsp3) is 0.182. The number of nitrogens with one attached hydrogen (secondary N) is 1. The van der Waals surface area contributed by atoms with Crippen LogP contribution in [0.3, 0.4) is 0 Å². The molecule has 0 amide bonds. The van der Waals surface area contributed by atoms with E-state index in [2.05, 4.69) is 54.9 Å². The van der Waals surface area contributed by atoms with Crippen LogP contribution in [0.4, 0.5) is 0 Å². The topological polar surface area (TPSA) is 70.0 Å². The average Bonchev–Trinajstić information content (AvgIpc) is 3.38. The molecule has 4 heterocycles. The van der Waals surface area contributed by atoms with Gasteiger partial charge in [0.15, 0.2) is 0 Å². The van der Waals surface area contributed by atoms with Crippen LogP contribution in [0.25, 0.3) is 5.69 Å². The zero-order valence-electron chi connectivity index (χ0n) is 15.4. The number of pyridine rings is 1. The van der Waals surface area contributed by atoms with Gasteiger partial charge < -0.3 is 14.7 Å². The predicted molar refractivity (Wildman–Crippen MR) is 106 cm³/mol. The molecule has 1 aromatic carbocycles. The van der Waals surface area contributed by atoms with E-state index in [1.54, 1.807) is 18.6 Å². The number of fused-ring (bicyclic) bond motifs is 1. The van der Waals surface area contributed by atoms with Gasteiger partial charge in [-0.25, -0.2) is 4.98 Å². The van der Waals surface area contributed by atoms with Crippen LogP contribution < -0.4 is 0 Å². The molecule has 28 heavy (non-hydrogen) atoms. The number of benzene rings is 1. The number of phenols is 1. The summed E-state index contributed by atoms with van der Waals surface area (Å²) in [6.07, 6.45) is 8.42. The number of aromatic amines is 1. The maximum atomic E-state index is 10.0. The third kappa shape index (κ3) is 2.97. The summed E-state index contributed by atoms with van der Waals surface area (Å²) in [5, 5.41) is 10.0. The van der Waals surface area contributed by atoms with E-state index in [1.807, 2.05) is 24.4 Å². The van der Waals surface area contributed by atoms with Crippen molar-refractivity contribution in [3.05, 3.63) is 96.1 Å². The van der Waals surface area contributed by atoms with Gasteiger partial charge in [0.05, 0.1) is 29.9 Å². The lowest BCUT2D eigenvalue weighted by molar-refractivity contribution is 0.196. The number of rotatable bonds is 4. The van der Waals surface area contributed by atoms with Crippen molar-refractivity contribution in [2.45, 2.75) is 19.0 Å². The molecule has 5 rings (SSSR count). The molecule has 0 saturated carbocycles. The Morgan fingerprint density at radius 3 is 2.96 bits per heavy atom. The van der Waals surface area contributed by atoms with Crippen molar-refractivity contribution in [2.75, 3.05) is 6.54 Å². The van der Waals surface area contributed by atoms with Gasteiger partial charge in [-0.1, -0.05) is 12.1 Å². The molecule has 0 saturated heterocycles. The molecule has 0 fully saturated rings. The summed E-state index contributed by atoms with van der Waals surface area (Å²) in [6, 6.07) is 15.7. The largest absolute Gasteiger partial charge is 0.508 e. The molecule has 1 atom stereocenters. The van der Waals surface area contributed by atoms with E-state index in [9.17, 15) is 5.11 Å². The lowest BCUT2D eigenvalue weighted by atomic mass is 9.95. The Balaban J connectivity index is 1.52. The molecule has 4 aromatic rings. The molecule has 0 aliphatic carbocycles. The maximum absolute atomic E-state index is 10.0. The summed E-state index contributed by atoms with van der Waals surface area (Å²) in [5.41, 5.74) is 5.50. The quantitative estimate of drug-likeness (QED) is 0.576. The highest BCUT2D eigenvalue weighted by Crippen LogP contribution is 2.35. The van der Waals surface area contributed by atoms with E-state index in [1.165, 1.54) is 11.4 Å². The van der Waals surface area contributed by atoms with Crippen molar-refractivity contribution in [3.63, 3.8) is 0 Å². The summed E-state index contributed by atoms with van der Waals surface area (Å²) in [5.74, 6) is 0.277. The fourth-order valence-corrected chi connectivity index (χ4v) is 4.06. The Hall–Kier alpha value is -3.38. The van der Waals surface area contributed by atoms with E-state index < -0.39 is 0 Å². The minimum absolute atomic E-state index is 0.000603. The van der Waals surface area contributed by atoms with E-state index in [0.717, 1.165) is 36.5 Å². The highest BCUT2D eigenvalue weighted by Gasteiger charge is 2.31. The van der Waals surface area contributed by atoms with Crippen molar-refractivity contribution in [1.29, 1.82) is 0 Å². The molecule has 140 valence electrons. The highest BCUT2D eigenvalue weighted by atomic mass is 16.3. The van der Waals surface area contributed by atoms with E-state index in [-0.39, 0.29) is 11.8 Å². The monoisotopic (exact) mass is 371 g/mol. The van der Waals surface area contributed by atoms with Crippen LogP contribution >= 0.6 is 0 Å². The number of aromatic nitrogens is 4. The van der Waals surface area contributed by atoms with Crippen molar-refractivity contribution >= 4 is 0 Å². The van der Waals surface area contributed by atoms with Gasteiger partial charge >= 0.3 is 0 Å². The molecule has 3 aromatic heterocycles. The van der Waals surface area contributed by atoms with Crippen LogP contribution in [0.5, 0.6) is 5.75 Å². The molecular formula is C22H21N5O. The molecule has 1 aliphatic rings. The smallest absolute Gasteiger partial charge is 0.115 e. The lowest BCUT2D eigenvalue weighted by Crippen LogP contribution is -2.36. The molecule has 0 radical (unpaired) electrons. The fourth-order valence-electron chi connectivity index (χ4n) is 4.06. The average molecular weight is 371 g/mol. The van der Waals surface area contributed by atoms with Crippen LogP contribution in [0.15, 0.2) is 73.4 Å². The van der Waals surface area contributed by atoms with Gasteiger partial charge in [-0.2, -0.15) is 0 Å². The van der Waals surface area contributed by atoms with E-state index in [4.69, 9.17) is 0 Å². The number of phenolic OH excluding ortho intramolecular Hbond substituents is 1. The van der Waals surface area contributed by atoms with Crippen LogP contribution in [-0.2, 0) is 13.0 Å². The Kier molecular flexibility index (Phi) is 4.18. The Labute approximate surface area is 163 Å². The Morgan fingerprint density at radius 2 is 2.11 bits per heavy atom. The number of hydrogen-bond acceptors (Lipinski definition) is 4. The van der Waals surface area contributed by atoms with E-state index >= 15 is 0 Å². The Morgan fingerprint density at radius 1 is 1.14 bits per heavy atom. The molecule has 1 unspecified atom stereocenters. The highest BCUT2D eigenvalue weighted by molar-refractivity contribution is 5.37. The molecular weight excluding hydrogens is 350 g/mol. The minimum Gasteiger partial charge on any atom is -0.508 e. The minimum atomic E-state index is -0.000603. The normalized spacial score (nSPS) is 16.8. The standard InChI is InChI=1S/C22H21N5O/c28-19-7-1-4-16(12-19)22-21-20(24-15-25-21)8-11-26(22)14-18-6-3-10-27(18)17-5-2-9-23-13-17/h1-7,9-10,12-13,15,22,28H,8,11,14H2,(H,24,25). The van der Waals surface area contributed by atoms with Crippen molar-refractivity contribution in [2.24, 2.45) is 0 Å². The first-order valence-electron chi connectivity index (χ1n) is 9.41. The summed E-state index contributed by atoms with van der Waals surface area (Å²) in [6.45, 7) is 1.68. The molecule has 1 aliphatic heterocycles. The molecule has 0 spiro atoms. The van der Waals surface area contributed by atoms with Crippen LogP contribution in [0, 0.1) is 0 Å². The maximum Gasteiger partial charge on any atom is 0.115 e. The first-order chi connectivity index (χ1) is 13.8. The second-order valence-corrected chi connectivity index (χ2v) is 7.07. The molecule has 6 heteroatoms. The number of nitrogens with zero attached hydrogens (tertiary/aromatic N) is 4. The van der Waals surface area contributed by atoms with Gasteiger partial charge in [-0.3, -0.25) is 9.88 Å². The number of hydrogen-bond donors (Lipinski definition) is 2. The summed E-state index contributed by atoms with van der Waals surface area (Å²) >= 11 is 0. The SMILES string of the molecule is Oc1cccc(C2c3nc[nH]c3CCN2Cc2cccn2-c2cccnc2)c1. The van der Waals surface area contributed by atoms with Crippen molar-refractivity contribution in [1.82, 2.24) is 24.4 Å². The summed E-state index contributed by atoms with van der Waals surface area (Å²) < 4.78 is 2.17. The number of aromatic hydroxyl groups is 1.